The molecule has 0 radical (unpaired) electrons. The minimum atomic E-state index is -0.915. The molecule has 3 rings (SSSR count). The van der Waals surface area contributed by atoms with E-state index in [1.54, 1.807) is 4.90 Å². The summed E-state index contributed by atoms with van der Waals surface area (Å²) in [5.41, 5.74) is 1.16. The van der Waals surface area contributed by atoms with E-state index in [2.05, 4.69) is 0 Å². The highest BCUT2D eigenvalue weighted by Gasteiger charge is 2.33. The van der Waals surface area contributed by atoms with Crippen LogP contribution in [0, 0.1) is 5.92 Å². The number of nitrogens with zero attached hydrogens (tertiary/aromatic N) is 2. The predicted molar refractivity (Wildman–Crippen MR) is 103 cm³/mol. The largest absolute Gasteiger partial charge is 0.481 e. The molecule has 1 N–H and O–H groups in total. The van der Waals surface area contributed by atoms with Gasteiger partial charge in [-0.1, -0.05) is 30.3 Å². The van der Waals surface area contributed by atoms with Gasteiger partial charge in [0.15, 0.2) is 0 Å². The molecule has 0 saturated carbocycles. The first kappa shape index (κ1) is 20.3. The first-order valence-electron chi connectivity index (χ1n) is 9.97. The summed E-state index contributed by atoms with van der Waals surface area (Å²) in [4.78, 5) is 39.7. The van der Waals surface area contributed by atoms with Gasteiger partial charge in [-0.2, -0.15) is 0 Å². The number of amides is 2. The summed E-state index contributed by atoms with van der Waals surface area (Å²) < 4.78 is 5.44. The normalized spacial score (nSPS) is 20.8. The molecular formula is C21H28N2O5. The van der Waals surface area contributed by atoms with Gasteiger partial charge in [0.25, 0.3) is 0 Å². The zero-order valence-corrected chi connectivity index (χ0v) is 16.1. The van der Waals surface area contributed by atoms with Gasteiger partial charge in [0, 0.05) is 38.5 Å². The quantitative estimate of drug-likeness (QED) is 0.799. The maximum atomic E-state index is 12.8. The van der Waals surface area contributed by atoms with Crippen molar-refractivity contribution >= 4 is 17.8 Å². The maximum Gasteiger partial charge on any atom is 0.306 e. The van der Waals surface area contributed by atoms with Crippen LogP contribution in [0.1, 0.15) is 31.2 Å². The van der Waals surface area contributed by atoms with Crippen molar-refractivity contribution in [3.8, 4) is 0 Å². The second kappa shape index (κ2) is 9.68. The number of hydrogen-bond acceptors (Lipinski definition) is 4. The molecule has 2 aliphatic rings. The molecule has 1 aromatic rings. The molecule has 1 atom stereocenters. The average Bonchev–Trinajstić information content (AvgIpc) is 2.72. The number of ether oxygens (including phenoxy) is 1. The zero-order valence-electron chi connectivity index (χ0n) is 16.1. The molecule has 7 nitrogen and oxygen atoms in total. The average molecular weight is 388 g/mol. The predicted octanol–water partition coefficient (Wildman–Crippen LogP) is 1.56. The molecule has 0 aromatic heterocycles. The Kier molecular flexibility index (Phi) is 7.03. The summed E-state index contributed by atoms with van der Waals surface area (Å²) in [6.07, 6.45) is 2.03. The van der Waals surface area contributed by atoms with Crippen LogP contribution in [-0.2, 0) is 25.5 Å². The van der Waals surface area contributed by atoms with Gasteiger partial charge in [0.1, 0.15) is 0 Å². The fourth-order valence-corrected chi connectivity index (χ4v) is 3.93. The van der Waals surface area contributed by atoms with Gasteiger partial charge in [-0.25, -0.2) is 0 Å². The lowest BCUT2D eigenvalue weighted by Gasteiger charge is -2.37. The molecule has 28 heavy (non-hydrogen) atoms. The van der Waals surface area contributed by atoms with Gasteiger partial charge in [0.05, 0.1) is 19.1 Å². The van der Waals surface area contributed by atoms with E-state index in [0.717, 1.165) is 12.0 Å². The Morgan fingerprint density at radius 2 is 1.75 bits per heavy atom. The summed E-state index contributed by atoms with van der Waals surface area (Å²) in [5, 5.41) is 8.92. The van der Waals surface area contributed by atoms with E-state index in [0.29, 0.717) is 52.0 Å². The highest BCUT2D eigenvalue weighted by atomic mass is 16.5. The van der Waals surface area contributed by atoms with Gasteiger partial charge in [0.2, 0.25) is 11.8 Å². The first-order valence-corrected chi connectivity index (χ1v) is 9.97. The molecule has 0 spiro atoms. The van der Waals surface area contributed by atoms with Crippen LogP contribution in [0.3, 0.4) is 0 Å². The second-order valence-electron chi connectivity index (χ2n) is 7.52. The Morgan fingerprint density at radius 1 is 1.04 bits per heavy atom. The first-order chi connectivity index (χ1) is 13.5. The van der Waals surface area contributed by atoms with Crippen LogP contribution in [0.5, 0.6) is 0 Å². The SMILES string of the molecule is O=C(O)CC1CN(C(=O)C2CCN(C(=O)CCc3ccccc3)CC2)CCO1. The van der Waals surface area contributed by atoms with Crippen LogP contribution < -0.4 is 0 Å². The number of carbonyl (C=O) groups excluding carboxylic acids is 2. The van der Waals surface area contributed by atoms with Crippen LogP contribution in [-0.4, -0.2) is 71.6 Å². The summed E-state index contributed by atoms with van der Waals surface area (Å²) in [7, 11) is 0. The van der Waals surface area contributed by atoms with E-state index in [-0.39, 0.29) is 24.2 Å². The van der Waals surface area contributed by atoms with E-state index in [1.165, 1.54) is 0 Å². The lowest BCUT2D eigenvalue weighted by molar-refractivity contribution is -0.151. The van der Waals surface area contributed by atoms with Crippen molar-refractivity contribution in [3.05, 3.63) is 35.9 Å². The summed E-state index contributed by atoms with van der Waals surface area (Å²) in [6.45, 7) is 2.42. The van der Waals surface area contributed by atoms with Crippen LogP contribution in [0.25, 0.3) is 0 Å². The number of aliphatic carboxylic acids is 1. The van der Waals surface area contributed by atoms with Crippen molar-refractivity contribution in [2.75, 3.05) is 32.8 Å². The highest BCUT2D eigenvalue weighted by molar-refractivity contribution is 5.80. The molecule has 2 heterocycles. The highest BCUT2D eigenvalue weighted by Crippen LogP contribution is 2.22. The fraction of sp³-hybridized carbons (Fsp3) is 0.571. The molecule has 2 aliphatic heterocycles. The fourth-order valence-electron chi connectivity index (χ4n) is 3.93. The summed E-state index contributed by atoms with van der Waals surface area (Å²) >= 11 is 0. The number of piperidine rings is 1. The lowest BCUT2D eigenvalue weighted by atomic mass is 9.94. The maximum absolute atomic E-state index is 12.8. The van der Waals surface area contributed by atoms with Crippen molar-refractivity contribution in [1.29, 1.82) is 0 Å². The number of aryl methyl sites for hydroxylation is 1. The van der Waals surface area contributed by atoms with Gasteiger partial charge >= 0.3 is 5.97 Å². The van der Waals surface area contributed by atoms with Crippen molar-refractivity contribution in [1.82, 2.24) is 9.80 Å². The zero-order chi connectivity index (χ0) is 19.9. The number of carboxylic acids is 1. The van der Waals surface area contributed by atoms with Crippen LogP contribution in [0.4, 0.5) is 0 Å². The topological polar surface area (TPSA) is 87.2 Å². The third kappa shape index (κ3) is 5.55. The Balaban J connectivity index is 1.43. The number of benzene rings is 1. The Labute approximate surface area is 165 Å². The van der Waals surface area contributed by atoms with Crippen LogP contribution in [0.2, 0.25) is 0 Å². The van der Waals surface area contributed by atoms with E-state index < -0.39 is 12.1 Å². The van der Waals surface area contributed by atoms with E-state index in [4.69, 9.17) is 9.84 Å². The number of carbonyl (C=O) groups is 3. The van der Waals surface area contributed by atoms with Gasteiger partial charge in [-0.05, 0) is 24.8 Å². The Bertz CT molecular complexity index is 685. The monoisotopic (exact) mass is 388 g/mol. The van der Waals surface area contributed by atoms with Crippen molar-refractivity contribution < 1.29 is 24.2 Å². The van der Waals surface area contributed by atoms with Crippen molar-refractivity contribution in [2.24, 2.45) is 5.92 Å². The third-order valence-electron chi connectivity index (χ3n) is 5.52. The molecular weight excluding hydrogens is 360 g/mol. The van der Waals surface area contributed by atoms with Gasteiger partial charge < -0.3 is 19.6 Å². The van der Waals surface area contributed by atoms with E-state index in [9.17, 15) is 14.4 Å². The van der Waals surface area contributed by atoms with Crippen molar-refractivity contribution in [3.63, 3.8) is 0 Å². The number of likely N-dealkylation sites (tertiary alicyclic amines) is 1. The standard InChI is InChI=1S/C21H28N2O5/c24-19(7-6-16-4-2-1-3-5-16)22-10-8-17(9-11-22)21(27)23-12-13-28-18(15-23)14-20(25)26/h1-5,17-18H,6-15H2,(H,25,26). The Morgan fingerprint density at radius 3 is 2.43 bits per heavy atom. The molecule has 1 aromatic carbocycles. The lowest BCUT2D eigenvalue weighted by Crippen LogP contribution is -2.50. The van der Waals surface area contributed by atoms with Gasteiger partial charge in [-0.15, -0.1) is 0 Å². The Hall–Kier alpha value is -2.41. The minimum Gasteiger partial charge on any atom is -0.481 e. The second-order valence-corrected chi connectivity index (χ2v) is 7.52. The summed E-state index contributed by atoms with van der Waals surface area (Å²) in [5.74, 6) is -0.805. The molecule has 152 valence electrons. The number of carboxylic acid groups (broad SMARTS) is 1. The van der Waals surface area contributed by atoms with E-state index in [1.807, 2.05) is 35.2 Å². The number of rotatable bonds is 6. The smallest absolute Gasteiger partial charge is 0.306 e. The molecule has 7 heteroatoms. The molecule has 2 amide bonds. The molecule has 2 saturated heterocycles. The number of hydrogen-bond donors (Lipinski definition) is 1. The van der Waals surface area contributed by atoms with E-state index >= 15 is 0 Å². The molecule has 2 fully saturated rings. The van der Waals surface area contributed by atoms with Gasteiger partial charge in [-0.3, -0.25) is 14.4 Å². The molecule has 1 unspecified atom stereocenters. The molecule has 0 aliphatic carbocycles. The minimum absolute atomic E-state index is 0.0649. The number of morpholine rings is 1. The molecule has 0 bridgehead atoms. The van der Waals surface area contributed by atoms with Crippen LogP contribution >= 0.6 is 0 Å². The summed E-state index contributed by atoms with van der Waals surface area (Å²) in [6, 6.07) is 9.97. The van der Waals surface area contributed by atoms with Crippen molar-refractivity contribution in [2.45, 2.75) is 38.2 Å². The third-order valence-corrected chi connectivity index (χ3v) is 5.52. The van der Waals surface area contributed by atoms with Crippen LogP contribution in [0.15, 0.2) is 30.3 Å².